The maximum Gasteiger partial charge on any atom is 0.265 e. The van der Waals surface area contributed by atoms with Crippen LogP contribution in [-0.2, 0) is 15.6 Å². The largest absolute Gasteiger partial charge is 0.445 e. The highest BCUT2D eigenvalue weighted by atomic mass is 32.2. The Morgan fingerprint density at radius 1 is 0.950 bits per heavy atom. The number of nitrogens with one attached hydrogen (secondary N) is 1. The van der Waals surface area contributed by atoms with Gasteiger partial charge in [0.15, 0.2) is 0 Å². The van der Waals surface area contributed by atoms with Crippen LogP contribution in [0.2, 0.25) is 0 Å². The molecule has 3 N–H and O–H groups in total. The van der Waals surface area contributed by atoms with Crippen LogP contribution in [0.1, 0.15) is 43.3 Å². The maximum atomic E-state index is 14.0. The second-order valence-corrected chi connectivity index (χ2v) is 12.5. The highest BCUT2D eigenvalue weighted by Crippen LogP contribution is 2.42. The van der Waals surface area contributed by atoms with Crippen molar-refractivity contribution in [1.82, 2.24) is 19.9 Å². The SMILES string of the molecule is Cc1cc(-c2cc(-c3ccc(-c4ncco4)cc3)c(S(=O)(=O)Nc3onc(C)c3C)c(C)c2N)n(C(C)(C)C)n1. The van der Waals surface area contributed by atoms with Crippen molar-refractivity contribution in [3.8, 4) is 33.8 Å². The predicted molar refractivity (Wildman–Crippen MR) is 154 cm³/mol. The highest BCUT2D eigenvalue weighted by molar-refractivity contribution is 7.93. The molecular weight excluding hydrogens is 528 g/mol. The van der Waals surface area contributed by atoms with Crippen molar-refractivity contribution in [2.75, 3.05) is 10.5 Å². The Kier molecular flexibility index (Phi) is 6.57. The Hall–Kier alpha value is -4.38. The first-order valence-electron chi connectivity index (χ1n) is 12.7. The predicted octanol–water partition coefficient (Wildman–Crippen LogP) is 6.23. The Morgan fingerprint density at radius 3 is 2.20 bits per heavy atom. The molecule has 0 fully saturated rings. The average molecular weight is 561 g/mol. The fourth-order valence-corrected chi connectivity index (χ4v) is 6.15. The number of rotatable bonds is 6. The van der Waals surface area contributed by atoms with E-state index in [0.717, 1.165) is 17.0 Å². The van der Waals surface area contributed by atoms with Crippen LogP contribution in [-0.4, -0.2) is 28.3 Å². The van der Waals surface area contributed by atoms with Crippen molar-refractivity contribution in [3.63, 3.8) is 0 Å². The minimum atomic E-state index is -4.16. The number of hydrogen-bond acceptors (Lipinski definition) is 8. The van der Waals surface area contributed by atoms with Crippen molar-refractivity contribution in [2.45, 2.75) is 58.9 Å². The fourth-order valence-electron chi connectivity index (χ4n) is 4.63. The van der Waals surface area contributed by atoms with Crippen LogP contribution >= 0.6 is 0 Å². The number of oxazole rings is 1. The molecule has 0 radical (unpaired) electrons. The Bertz CT molecular complexity index is 1810. The van der Waals surface area contributed by atoms with E-state index in [0.29, 0.717) is 45.1 Å². The van der Waals surface area contributed by atoms with Gasteiger partial charge in [-0.1, -0.05) is 17.3 Å². The van der Waals surface area contributed by atoms with Gasteiger partial charge in [0.25, 0.3) is 10.0 Å². The van der Waals surface area contributed by atoms with E-state index in [9.17, 15) is 8.42 Å². The molecule has 5 rings (SSSR count). The van der Waals surface area contributed by atoms with Gasteiger partial charge >= 0.3 is 0 Å². The molecule has 0 aliphatic rings. The van der Waals surface area contributed by atoms with Crippen molar-refractivity contribution in [3.05, 3.63) is 71.4 Å². The standard InChI is InChI=1S/C29H32N6O4S/c1-16-14-24(35(32-16)29(5,6)7)23-15-22(20-8-10-21(11-9-20)28-31-12-13-38-28)26(18(3)25(23)30)40(36,37)34-27-17(2)19(4)33-39-27/h8-15,34H,30H2,1-7H3. The zero-order valence-electron chi connectivity index (χ0n) is 23.5. The first-order chi connectivity index (χ1) is 18.8. The van der Waals surface area contributed by atoms with Gasteiger partial charge in [0.2, 0.25) is 11.8 Å². The third-order valence-electron chi connectivity index (χ3n) is 6.84. The number of hydrogen-bond donors (Lipinski definition) is 2. The summed E-state index contributed by atoms with van der Waals surface area (Å²) in [5.41, 5.74) is 12.5. The summed E-state index contributed by atoms with van der Waals surface area (Å²) in [5.74, 6) is 0.530. The zero-order chi connectivity index (χ0) is 29.0. The lowest BCUT2D eigenvalue weighted by molar-refractivity contribution is 0.358. The Balaban J connectivity index is 1.75. The lowest BCUT2D eigenvalue weighted by atomic mass is 9.95. The number of nitrogen functional groups attached to an aromatic ring is 1. The van der Waals surface area contributed by atoms with Gasteiger partial charge in [-0.05, 0) is 83.9 Å². The molecule has 5 aromatic rings. The van der Waals surface area contributed by atoms with Gasteiger partial charge in [0, 0.05) is 27.9 Å². The molecule has 11 heteroatoms. The minimum absolute atomic E-state index is 0.0459. The third-order valence-corrected chi connectivity index (χ3v) is 8.36. The van der Waals surface area contributed by atoms with E-state index in [4.69, 9.17) is 19.8 Å². The van der Waals surface area contributed by atoms with Crippen LogP contribution in [0.15, 0.2) is 62.7 Å². The van der Waals surface area contributed by atoms with Gasteiger partial charge in [0.1, 0.15) is 11.2 Å². The number of anilines is 2. The quantitative estimate of drug-likeness (QED) is 0.233. The number of nitrogens with two attached hydrogens (primary N) is 1. The van der Waals surface area contributed by atoms with Crippen LogP contribution in [0.5, 0.6) is 0 Å². The van der Waals surface area contributed by atoms with Crippen LogP contribution < -0.4 is 10.5 Å². The molecule has 0 saturated carbocycles. The molecule has 208 valence electrons. The number of nitrogens with zero attached hydrogens (tertiary/aromatic N) is 4. The summed E-state index contributed by atoms with van der Waals surface area (Å²) >= 11 is 0. The monoisotopic (exact) mass is 560 g/mol. The molecule has 2 aromatic carbocycles. The fraction of sp³-hybridized carbons (Fsp3) is 0.276. The molecule has 10 nitrogen and oxygen atoms in total. The lowest BCUT2D eigenvalue weighted by Gasteiger charge is -2.25. The van der Waals surface area contributed by atoms with Crippen molar-refractivity contribution in [1.29, 1.82) is 0 Å². The molecule has 3 aromatic heterocycles. The molecule has 40 heavy (non-hydrogen) atoms. The molecule has 0 amide bonds. The molecule has 3 heterocycles. The lowest BCUT2D eigenvalue weighted by Crippen LogP contribution is -2.24. The second-order valence-electron chi connectivity index (χ2n) is 10.8. The van der Waals surface area contributed by atoms with E-state index in [1.165, 1.54) is 6.26 Å². The summed E-state index contributed by atoms with van der Waals surface area (Å²) in [6.45, 7) is 13.3. The van der Waals surface area contributed by atoms with Crippen molar-refractivity contribution >= 4 is 21.6 Å². The number of benzene rings is 2. The van der Waals surface area contributed by atoms with Gasteiger partial charge in [-0.15, -0.1) is 0 Å². The van der Waals surface area contributed by atoms with E-state index in [1.54, 1.807) is 27.0 Å². The van der Waals surface area contributed by atoms with Crippen LogP contribution in [0.25, 0.3) is 33.8 Å². The normalized spacial score (nSPS) is 12.2. The molecule has 0 spiro atoms. The molecule has 0 aliphatic carbocycles. The topological polar surface area (TPSA) is 142 Å². The van der Waals surface area contributed by atoms with Gasteiger partial charge in [-0.25, -0.2) is 18.1 Å². The van der Waals surface area contributed by atoms with E-state index < -0.39 is 10.0 Å². The van der Waals surface area contributed by atoms with Gasteiger partial charge < -0.3 is 14.7 Å². The first kappa shape index (κ1) is 27.2. The second kappa shape index (κ2) is 9.67. The zero-order valence-corrected chi connectivity index (χ0v) is 24.3. The molecule has 0 saturated heterocycles. The average Bonchev–Trinajstić information content (AvgIpc) is 3.63. The van der Waals surface area contributed by atoms with Gasteiger partial charge in [0.05, 0.1) is 28.8 Å². The molecule has 0 atom stereocenters. The smallest absolute Gasteiger partial charge is 0.265 e. The van der Waals surface area contributed by atoms with Gasteiger partial charge in [-0.2, -0.15) is 5.10 Å². The van der Waals surface area contributed by atoms with Gasteiger partial charge in [-0.3, -0.25) is 4.68 Å². The Morgan fingerprint density at radius 2 is 1.62 bits per heavy atom. The summed E-state index contributed by atoms with van der Waals surface area (Å²) in [5, 5.41) is 8.59. The summed E-state index contributed by atoms with van der Waals surface area (Å²) in [4.78, 5) is 4.25. The summed E-state index contributed by atoms with van der Waals surface area (Å²) in [6, 6.07) is 11.1. The van der Waals surface area contributed by atoms with E-state index in [1.807, 2.05) is 48.0 Å². The van der Waals surface area contributed by atoms with Crippen LogP contribution in [0.3, 0.4) is 0 Å². The summed E-state index contributed by atoms with van der Waals surface area (Å²) in [6.07, 6.45) is 3.07. The van der Waals surface area contributed by atoms with E-state index in [-0.39, 0.29) is 16.3 Å². The number of aromatic nitrogens is 4. The van der Waals surface area contributed by atoms with Crippen LogP contribution in [0, 0.1) is 27.7 Å². The Labute approximate surface area is 233 Å². The molecule has 0 bridgehead atoms. The van der Waals surface area contributed by atoms with Crippen LogP contribution in [0.4, 0.5) is 11.6 Å². The summed E-state index contributed by atoms with van der Waals surface area (Å²) < 4.78 is 43.1. The highest BCUT2D eigenvalue weighted by Gasteiger charge is 2.30. The first-order valence-corrected chi connectivity index (χ1v) is 14.2. The number of sulfonamides is 1. The summed E-state index contributed by atoms with van der Waals surface area (Å²) in [7, 11) is -4.16. The molecule has 0 unspecified atom stereocenters. The minimum Gasteiger partial charge on any atom is -0.445 e. The van der Waals surface area contributed by atoms with E-state index in [2.05, 4.69) is 35.6 Å². The maximum absolute atomic E-state index is 14.0. The van der Waals surface area contributed by atoms with E-state index >= 15 is 0 Å². The van der Waals surface area contributed by atoms with Crippen molar-refractivity contribution < 1.29 is 17.4 Å². The van der Waals surface area contributed by atoms with Crippen molar-refractivity contribution in [2.24, 2.45) is 0 Å². The molecular formula is C29H32N6O4S. The number of aryl methyl sites for hydroxylation is 2. The molecule has 0 aliphatic heterocycles. The third kappa shape index (κ3) is 4.77.